The molecule has 0 atom stereocenters. The molecule has 0 saturated carbocycles. The van der Waals surface area contributed by atoms with Gasteiger partial charge >= 0.3 is 0 Å². The molecule has 0 aliphatic heterocycles. The Kier molecular flexibility index (Phi) is 9.62. The number of halogens is 1. The van der Waals surface area contributed by atoms with Crippen molar-refractivity contribution < 1.29 is 4.52 Å². The first-order chi connectivity index (χ1) is 9.10. The highest BCUT2D eigenvalue weighted by Gasteiger charge is 2.09. The largest absolute Gasteiger partial charge is 0.361 e. The molecular weight excluding hydrogens is 367 g/mol. The molecule has 0 unspecified atom stereocenters. The van der Waals surface area contributed by atoms with Crippen LogP contribution in [0.5, 0.6) is 0 Å². The van der Waals surface area contributed by atoms with Gasteiger partial charge in [-0.2, -0.15) is 0 Å². The summed E-state index contributed by atoms with van der Waals surface area (Å²) in [5.41, 5.74) is 2.17. The Morgan fingerprint density at radius 3 is 2.60 bits per heavy atom. The second-order valence-corrected chi connectivity index (χ2v) is 4.80. The van der Waals surface area contributed by atoms with Gasteiger partial charge in [-0.1, -0.05) is 18.5 Å². The molecule has 0 bridgehead atoms. The zero-order valence-corrected chi connectivity index (χ0v) is 15.5. The summed E-state index contributed by atoms with van der Waals surface area (Å²) in [5.74, 6) is 1.86. The van der Waals surface area contributed by atoms with E-state index in [4.69, 9.17) is 4.52 Å². The number of aliphatic imine (C=N–C) groups is 1. The van der Waals surface area contributed by atoms with Crippen LogP contribution in [0.25, 0.3) is 0 Å². The molecule has 0 aliphatic rings. The van der Waals surface area contributed by atoms with Gasteiger partial charge in [-0.05, 0) is 26.7 Å². The van der Waals surface area contributed by atoms with E-state index in [1.807, 2.05) is 20.9 Å². The Hall–Kier alpha value is -0.790. The molecule has 0 amide bonds. The lowest BCUT2D eigenvalue weighted by molar-refractivity contribution is 0.392. The number of aromatic nitrogens is 1. The van der Waals surface area contributed by atoms with Crippen LogP contribution in [0.2, 0.25) is 0 Å². The summed E-state index contributed by atoms with van der Waals surface area (Å²) >= 11 is 0. The Labute approximate surface area is 139 Å². The van der Waals surface area contributed by atoms with E-state index in [-0.39, 0.29) is 24.0 Å². The maximum Gasteiger partial charge on any atom is 0.193 e. The SMILES string of the molecule is CCCCN(C)C(=NC)NCCc1c(C)noc1C.I. The Morgan fingerprint density at radius 1 is 1.40 bits per heavy atom. The molecule has 0 spiro atoms. The minimum absolute atomic E-state index is 0. The van der Waals surface area contributed by atoms with Gasteiger partial charge in [0, 0.05) is 32.7 Å². The normalized spacial score (nSPS) is 11.2. The highest BCUT2D eigenvalue weighted by Crippen LogP contribution is 2.12. The zero-order valence-electron chi connectivity index (χ0n) is 13.2. The highest BCUT2D eigenvalue weighted by atomic mass is 127. The van der Waals surface area contributed by atoms with E-state index < -0.39 is 0 Å². The molecule has 1 rings (SSSR count). The molecule has 116 valence electrons. The van der Waals surface area contributed by atoms with Crippen LogP contribution >= 0.6 is 24.0 Å². The van der Waals surface area contributed by atoms with Crippen molar-refractivity contribution in [1.29, 1.82) is 0 Å². The predicted octanol–water partition coefficient (Wildman–Crippen LogP) is 2.76. The van der Waals surface area contributed by atoms with Gasteiger partial charge in [0.2, 0.25) is 0 Å². The fraction of sp³-hybridized carbons (Fsp3) is 0.714. The lowest BCUT2D eigenvalue weighted by Crippen LogP contribution is -2.40. The standard InChI is InChI=1S/C14H26N4O.HI/c1-6-7-10-18(5)14(15-4)16-9-8-13-11(2)17-19-12(13)3;/h6-10H2,1-5H3,(H,15,16);1H. The van der Waals surface area contributed by atoms with E-state index in [9.17, 15) is 0 Å². The van der Waals surface area contributed by atoms with Crippen LogP contribution in [0.3, 0.4) is 0 Å². The number of nitrogens with zero attached hydrogens (tertiary/aromatic N) is 3. The zero-order chi connectivity index (χ0) is 14.3. The predicted molar refractivity (Wildman–Crippen MR) is 94.0 cm³/mol. The van der Waals surface area contributed by atoms with E-state index in [0.29, 0.717) is 0 Å². The van der Waals surface area contributed by atoms with E-state index in [1.54, 1.807) is 0 Å². The fourth-order valence-electron chi connectivity index (χ4n) is 2.04. The van der Waals surface area contributed by atoms with Gasteiger partial charge in [-0.15, -0.1) is 24.0 Å². The molecule has 1 heterocycles. The Morgan fingerprint density at radius 2 is 2.10 bits per heavy atom. The molecule has 0 fully saturated rings. The molecular formula is C14H27IN4O. The van der Waals surface area contributed by atoms with Crippen LogP contribution in [-0.2, 0) is 6.42 Å². The molecule has 5 nitrogen and oxygen atoms in total. The average molecular weight is 394 g/mol. The molecule has 20 heavy (non-hydrogen) atoms. The lowest BCUT2D eigenvalue weighted by atomic mass is 10.1. The van der Waals surface area contributed by atoms with Crippen LogP contribution in [-0.4, -0.2) is 43.2 Å². The third-order valence-electron chi connectivity index (χ3n) is 3.26. The van der Waals surface area contributed by atoms with E-state index in [2.05, 4.69) is 34.3 Å². The fourth-order valence-corrected chi connectivity index (χ4v) is 2.04. The molecule has 6 heteroatoms. The van der Waals surface area contributed by atoms with Gasteiger partial charge < -0.3 is 14.7 Å². The molecule has 0 radical (unpaired) electrons. The Balaban J connectivity index is 0.00000361. The summed E-state index contributed by atoms with van der Waals surface area (Å²) in [4.78, 5) is 6.46. The van der Waals surface area contributed by atoms with Crippen molar-refractivity contribution in [2.24, 2.45) is 4.99 Å². The number of rotatable bonds is 6. The molecule has 1 aromatic heterocycles. The van der Waals surface area contributed by atoms with Crippen molar-refractivity contribution >= 4 is 29.9 Å². The van der Waals surface area contributed by atoms with Crippen molar-refractivity contribution in [3.05, 3.63) is 17.0 Å². The van der Waals surface area contributed by atoms with Crippen molar-refractivity contribution in [1.82, 2.24) is 15.4 Å². The first-order valence-corrected chi connectivity index (χ1v) is 6.93. The van der Waals surface area contributed by atoms with Crippen LogP contribution in [0.1, 0.15) is 36.8 Å². The van der Waals surface area contributed by atoms with Crippen LogP contribution in [0, 0.1) is 13.8 Å². The molecule has 0 aromatic carbocycles. The second-order valence-electron chi connectivity index (χ2n) is 4.80. The number of hydrogen-bond donors (Lipinski definition) is 1. The highest BCUT2D eigenvalue weighted by molar-refractivity contribution is 14.0. The summed E-state index contributed by atoms with van der Waals surface area (Å²) in [6.07, 6.45) is 3.28. The molecule has 0 saturated heterocycles. The minimum Gasteiger partial charge on any atom is -0.361 e. The first-order valence-electron chi connectivity index (χ1n) is 6.93. The van der Waals surface area contributed by atoms with Gasteiger partial charge in [-0.3, -0.25) is 4.99 Å². The third-order valence-corrected chi connectivity index (χ3v) is 3.26. The quantitative estimate of drug-likeness (QED) is 0.458. The molecule has 1 aromatic rings. The summed E-state index contributed by atoms with van der Waals surface area (Å²) in [6.45, 7) is 8.00. The Bertz CT molecular complexity index is 398. The topological polar surface area (TPSA) is 53.7 Å². The number of guanidine groups is 1. The maximum absolute atomic E-state index is 5.16. The maximum atomic E-state index is 5.16. The van der Waals surface area contributed by atoms with E-state index in [1.165, 1.54) is 18.4 Å². The summed E-state index contributed by atoms with van der Waals surface area (Å²) in [5, 5.41) is 7.34. The average Bonchev–Trinajstić information content (AvgIpc) is 2.72. The number of nitrogens with one attached hydrogen (secondary N) is 1. The number of aryl methyl sites for hydroxylation is 2. The van der Waals surface area contributed by atoms with Crippen molar-refractivity contribution in [2.45, 2.75) is 40.0 Å². The second kappa shape index (κ2) is 10.0. The first kappa shape index (κ1) is 19.2. The van der Waals surface area contributed by atoms with Crippen LogP contribution in [0.15, 0.2) is 9.52 Å². The van der Waals surface area contributed by atoms with Gasteiger partial charge in [0.1, 0.15) is 5.76 Å². The van der Waals surface area contributed by atoms with Gasteiger partial charge in [-0.25, -0.2) is 0 Å². The van der Waals surface area contributed by atoms with Gasteiger partial charge in [0.25, 0.3) is 0 Å². The lowest BCUT2D eigenvalue weighted by Gasteiger charge is -2.21. The number of hydrogen-bond acceptors (Lipinski definition) is 3. The smallest absolute Gasteiger partial charge is 0.193 e. The van der Waals surface area contributed by atoms with Crippen LogP contribution < -0.4 is 5.32 Å². The monoisotopic (exact) mass is 394 g/mol. The summed E-state index contributed by atoms with van der Waals surface area (Å²) in [7, 11) is 3.89. The third kappa shape index (κ3) is 5.68. The van der Waals surface area contributed by atoms with Crippen LogP contribution in [0.4, 0.5) is 0 Å². The van der Waals surface area contributed by atoms with Crippen molar-refractivity contribution in [3.63, 3.8) is 0 Å². The molecule has 0 aliphatic carbocycles. The van der Waals surface area contributed by atoms with Crippen molar-refractivity contribution in [3.8, 4) is 0 Å². The van der Waals surface area contributed by atoms with E-state index in [0.717, 1.165) is 36.9 Å². The van der Waals surface area contributed by atoms with Gasteiger partial charge in [0.15, 0.2) is 5.96 Å². The van der Waals surface area contributed by atoms with E-state index >= 15 is 0 Å². The summed E-state index contributed by atoms with van der Waals surface area (Å²) in [6, 6.07) is 0. The number of unbranched alkanes of at least 4 members (excludes halogenated alkanes) is 1. The molecule has 1 N–H and O–H groups in total. The van der Waals surface area contributed by atoms with Crippen molar-refractivity contribution in [2.75, 3.05) is 27.2 Å². The summed E-state index contributed by atoms with van der Waals surface area (Å²) < 4.78 is 5.16. The minimum atomic E-state index is 0. The van der Waals surface area contributed by atoms with Gasteiger partial charge in [0.05, 0.1) is 5.69 Å².